The molecule has 0 aliphatic carbocycles. The van der Waals surface area contributed by atoms with Crippen molar-refractivity contribution in [1.82, 2.24) is 0 Å². The largest absolute Gasteiger partial charge is 0.494 e. The van der Waals surface area contributed by atoms with Crippen molar-refractivity contribution in [2.24, 2.45) is 5.92 Å². The minimum atomic E-state index is -0.803. The highest BCUT2D eigenvalue weighted by atomic mass is 16.5. The highest BCUT2D eigenvalue weighted by Gasteiger charge is 2.34. The number of hydrogen-bond donors (Lipinski definition) is 1. The highest BCUT2D eigenvalue weighted by molar-refractivity contribution is 5.97. The van der Waals surface area contributed by atoms with Crippen molar-refractivity contribution < 1.29 is 14.3 Å². The normalized spacial score (nSPS) is 13.7. The molecule has 0 bridgehead atoms. The summed E-state index contributed by atoms with van der Waals surface area (Å²) in [6, 6.07) is 7.40. The lowest BCUT2D eigenvalue weighted by Gasteiger charge is -2.30. The van der Waals surface area contributed by atoms with Gasteiger partial charge < -0.3 is 14.8 Å². The van der Waals surface area contributed by atoms with Crippen molar-refractivity contribution in [1.29, 1.82) is 0 Å². The Kier molecular flexibility index (Phi) is 7.39. The molecule has 1 atom stereocenters. The average molecular weight is 307 g/mol. The third kappa shape index (κ3) is 5.68. The third-order valence-electron chi connectivity index (χ3n) is 3.33. The quantitative estimate of drug-likeness (QED) is 0.741. The lowest BCUT2D eigenvalue weighted by Crippen LogP contribution is -2.44. The standard InChI is InChI=1S/C18H29NO3/c1-6-12-22-18(5,13-14(3)4)17(20)19-15-8-10-16(11-9-15)21-7-2/h8-11,14H,6-7,12-13H2,1-5H3,(H,19,20)/t18-/m0/s1. The van der Waals surface area contributed by atoms with Gasteiger partial charge in [0.25, 0.3) is 5.91 Å². The summed E-state index contributed by atoms with van der Waals surface area (Å²) in [5.74, 6) is 1.08. The summed E-state index contributed by atoms with van der Waals surface area (Å²) in [6.07, 6.45) is 1.58. The van der Waals surface area contributed by atoms with Gasteiger partial charge in [0.15, 0.2) is 0 Å². The van der Waals surface area contributed by atoms with Gasteiger partial charge in [-0.25, -0.2) is 0 Å². The Bertz CT molecular complexity index is 456. The van der Waals surface area contributed by atoms with Gasteiger partial charge >= 0.3 is 0 Å². The molecule has 0 fully saturated rings. The zero-order valence-corrected chi connectivity index (χ0v) is 14.4. The molecule has 4 heteroatoms. The van der Waals surface area contributed by atoms with Crippen molar-refractivity contribution in [2.75, 3.05) is 18.5 Å². The molecule has 22 heavy (non-hydrogen) atoms. The van der Waals surface area contributed by atoms with Gasteiger partial charge in [0.1, 0.15) is 11.4 Å². The van der Waals surface area contributed by atoms with Crippen LogP contribution in [0, 0.1) is 5.92 Å². The Morgan fingerprint density at radius 3 is 2.36 bits per heavy atom. The number of ether oxygens (including phenoxy) is 2. The summed E-state index contributed by atoms with van der Waals surface area (Å²) < 4.78 is 11.3. The summed E-state index contributed by atoms with van der Waals surface area (Å²) in [6.45, 7) is 11.3. The van der Waals surface area contributed by atoms with Gasteiger partial charge in [-0.2, -0.15) is 0 Å². The monoisotopic (exact) mass is 307 g/mol. The van der Waals surface area contributed by atoms with E-state index in [1.807, 2.05) is 45.0 Å². The molecule has 0 saturated carbocycles. The number of nitrogens with one attached hydrogen (secondary N) is 1. The van der Waals surface area contributed by atoms with Crippen molar-refractivity contribution in [2.45, 2.75) is 53.1 Å². The van der Waals surface area contributed by atoms with Gasteiger partial charge in [-0.1, -0.05) is 20.8 Å². The lowest BCUT2D eigenvalue weighted by molar-refractivity contribution is -0.141. The number of benzene rings is 1. The Morgan fingerprint density at radius 1 is 1.23 bits per heavy atom. The van der Waals surface area contributed by atoms with Crippen LogP contribution in [0.2, 0.25) is 0 Å². The van der Waals surface area contributed by atoms with E-state index in [1.165, 1.54) is 0 Å². The molecule has 0 unspecified atom stereocenters. The summed E-state index contributed by atoms with van der Waals surface area (Å²) in [4.78, 5) is 12.6. The van der Waals surface area contributed by atoms with Gasteiger partial charge in [-0.05, 0) is 56.9 Å². The molecule has 124 valence electrons. The fraction of sp³-hybridized carbons (Fsp3) is 0.611. The topological polar surface area (TPSA) is 47.6 Å². The second-order valence-electron chi connectivity index (χ2n) is 6.09. The van der Waals surface area contributed by atoms with Crippen LogP contribution >= 0.6 is 0 Å². The Morgan fingerprint density at radius 2 is 1.86 bits per heavy atom. The summed E-state index contributed by atoms with van der Waals surface area (Å²) in [5.41, 5.74) is -0.0495. The smallest absolute Gasteiger partial charge is 0.256 e. The van der Waals surface area contributed by atoms with Gasteiger partial charge in [-0.15, -0.1) is 0 Å². The third-order valence-corrected chi connectivity index (χ3v) is 3.33. The summed E-state index contributed by atoms with van der Waals surface area (Å²) in [5, 5.41) is 2.95. The van der Waals surface area contributed by atoms with E-state index < -0.39 is 5.60 Å². The fourth-order valence-electron chi connectivity index (χ4n) is 2.39. The zero-order valence-electron chi connectivity index (χ0n) is 14.4. The van der Waals surface area contributed by atoms with Crippen LogP contribution in [0.1, 0.15) is 47.5 Å². The molecule has 0 saturated heterocycles. The van der Waals surface area contributed by atoms with Crippen LogP contribution < -0.4 is 10.1 Å². The van der Waals surface area contributed by atoms with Crippen LogP contribution in [0.25, 0.3) is 0 Å². The molecule has 0 aromatic heterocycles. The predicted molar refractivity (Wildman–Crippen MR) is 90.3 cm³/mol. The van der Waals surface area contributed by atoms with Gasteiger partial charge in [0, 0.05) is 12.3 Å². The molecule has 1 aromatic carbocycles. The van der Waals surface area contributed by atoms with E-state index in [4.69, 9.17) is 9.47 Å². The van der Waals surface area contributed by atoms with Crippen LogP contribution in [-0.2, 0) is 9.53 Å². The molecule has 0 spiro atoms. The van der Waals surface area contributed by atoms with E-state index >= 15 is 0 Å². The van der Waals surface area contributed by atoms with E-state index in [1.54, 1.807) is 0 Å². The molecule has 1 rings (SSSR count). The maximum Gasteiger partial charge on any atom is 0.256 e. The van der Waals surface area contributed by atoms with E-state index in [-0.39, 0.29) is 5.91 Å². The number of rotatable bonds is 9. The first-order valence-corrected chi connectivity index (χ1v) is 8.09. The maximum atomic E-state index is 12.6. The van der Waals surface area contributed by atoms with Gasteiger partial charge in [0.2, 0.25) is 0 Å². The molecule has 1 amide bonds. The number of anilines is 1. The Hall–Kier alpha value is -1.55. The molecule has 1 aromatic rings. The number of carbonyl (C=O) groups excluding carboxylic acids is 1. The predicted octanol–water partition coefficient (Wildman–Crippen LogP) is 4.26. The Balaban J connectivity index is 2.76. The number of amides is 1. The molecule has 0 aliphatic heterocycles. The molecular formula is C18H29NO3. The summed E-state index contributed by atoms with van der Waals surface area (Å²) >= 11 is 0. The molecule has 4 nitrogen and oxygen atoms in total. The van der Waals surface area contributed by atoms with E-state index in [2.05, 4.69) is 19.2 Å². The molecule has 0 radical (unpaired) electrons. The van der Waals surface area contributed by atoms with Gasteiger partial charge in [0.05, 0.1) is 6.61 Å². The van der Waals surface area contributed by atoms with Crippen LogP contribution in [-0.4, -0.2) is 24.7 Å². The van der Waals surface area contributed by atoms with E-state index in [0.717, 1.165) is 17.9 Å². The minimum Gasteiger partial charge on any atom is -0.494 e. The number of carbonyl (C=O) groups is 1. The van der Waals surface area contributed by atoms with Crippen LogP contribution in [0.5, 0.6) is 5.75 Å². The van der Waals surface area contributed by atoms with Crippen molar-refractivity contribution >= 4 is 11.6 Å². The second-order valence-corrected chi connectivity index (χ2v) is 6.09. The summed E-state index contributed by atoms with van der Waals surface area (Å²) in [7, 11) is 0. The maximum absolute atomic E-state index is 12.6. The number of hydrogen-bond acceptors (Lipinski definition) is 3. The van der Waals surface area contributed by atoms with Crippen LogP contribution in [0.3, 0.4) is 0 Å². The van der Waals surface area contributed by atoms with Crippen molar-refractivity contribution in [3.8, 4) is 5.75 Å². The molecule has 0 aliphatic rings. The van der Waals surface area contributed by atoms with Gasteiger partial charge in [-0.3, -0.25) is 4.79 Å². The second kappa shape index (κ2) is 8.79. The molecule has 0 heterocycles. The first-order chi connectivity index (χ1) is 10.4. The SMILES string of the molecule is CCCO[C@@](C)(CC(C)C)C(=O)Nc1ccc(OCC)cc1. The zero-order chi connectivity index (χ0) is 16.6. The Labute approximate surface area is 134 Å². The molecular weight excluding hydrogens is 278 g/mol. The fourth-order valence-corrected chi connectivity index (χ4v) is 2.39. The van der Waals surface area contributed by atoms with E-state index in [9.17, 15) is 4.79 Å². The first kappa shape index (κ1) is 18.5. The van der Waals surface area contributed by atoms with Crippen LogP contribution in [0.15, 0.2) is 24.3 Å². The van der Waals surface area contributed by atoms with Crippen molar-refractivity contribution in [3.05, 3.63) is 24.3 Å². The van der Waals surface area contributed by atoms with Crippen LogP contribution in [0.4, 0.5) is 5.69 Å². The van der Waals surface area contributed by atoms with E-state index in [0.29, 0.717) is 25.6 Å². The van der Waals surface area contributed by atoms with Crippen molar-refractivity contribution in [3.63, 3.8) is 0 Å². The first-order valence-electron chi connectivity index (χ1n) is 8.09. The average Bonchev–Trinajstić information content (AvgIpc) is 2.46. The highest BCUT2D eigenvalue weighted by Crippen LogP contribution is 2.24. The molecule has 1 N–H and O–H groups in total. The lowest BCUT2D eigenvalue weighted by atomic mass is 9.93. The minimum absolute atomic E-state index is 0.0983.